The molecule has 1 N–H and O–H groups in total. The van der Waals surface area contributed by atoms with Crippen LogP contribution in [0.1, 0.15) is 35.2 Å². The van der Waals surface area contributed by atoms with Crippen molar-refractivity contribution in [3.05, 3.63) is 83.9 Å². The molecular weight excluding hydrogens is 380 g/mol. The lowest BCUT2D eigenvalue weighted by molar-refractivity contribution is -0.141. The number of hydrogen-bond acceptors (Lipinski definition) is 5. The Morgan fingerprint density at radius 3 is 2.57 bits per heavy atom. The van der Waals surface area contributed by atoms with Crippen molar-refractivity contribution >= 4 is 11.9 Å². The second kappa shape index (κ2) is 9.26. The van der Waals surface area contributed by atoms with Gasteiger partial charge in [-0.2, -0.15) is 0 Å². The smallest absolute Gasteiger partial charge is 0.338 e. The summed E-state index contributed by atoms with van der Waals surface area (Å²) in [5, 5.41) is 10.4. The Morgan fingerprint density at radius 1 is 1.13 bits per heavy atom. The number of rotatable bonds is 7. The zero-order valence-corrected chi connectivity index (χ0v) is 16.7. The summed E-state index contributed by atoms with van der Waals surface area (Å²) in [5.41, 5.74) is 1.67. The van der Waals surface area contributed by atoms with E-state index in [1.807, 2.05) is 42.5 Å². The van der Waals surface area contributed by atoms with Gasteiger partial charge in [0.25, 0.3) is 0 Å². The lowest BCUT2D eigenvalue weighted by Gasteiger charge is -2.20. The maximum absolute atomic E-state index is 12.5. The maximum Gasteiger partial charge on any atom is 0.338 e. The van der Waals surface area contributed by atoms with Gasteiger partial charge < -0.3 is 14.6 Å². The minimum absolute atomic E-state index is 0.0244. The topological polar surface area (TPSA) is 72.8 Å². The molecule has 2 aromatic rings. The third-order valence-corrected chi connectivity index (χ3v) is 5.95. The molecule has 1 saturated carbocycles. The van der Waals surface area contributed by atoms with Crippen molar-refractivity contribution in [3.8, 4) is 0 Å². The molecule has 0 spiro atoms. The molecule has 5 nitrogen and oxygen atoms in total. The van der Waals surface area contributed by atoms with Gasteiger partial charge in [0.05, 0.1) is 18.1 Å². The molecule has 0 bridgehead atoms. The summed E-state index contributed by atoms with van der Waals surface area (Å²) in [7, 11) is 0. The Bertz CT molecular complexity index is 892. The summed E-state index contributed by atoms with van der Waals surface area (Å²) in [6.07, 6.45) is 4.65. The molecule has 1 heterocycles. The molecular formula is C25H26O5. The zero-order chi connectivity index (χ0) is 20.9. The van der Waals surface area contributed by atoms with Crippen LogP contribution in [0.15, 0.2) is 72.8 Å². The van der Waals surface area contributed by atoms with E-state index >= 15 is 0 Å². The third kappa shape index (κ3) is 4.79. The summed E-state index contributed by atoms with van der Waals surface area (Å²) in [5.74, 6) is -0.764. The van der Waals surface area contributed by atoms with Crippen LogP contribution in [0, 0.1) is 11.8 Å². The molecule has 1 aliphatic carbocycles. The Kier molecular flexibility index (Phi) is 6.29. The Hall–Kier alpha value is -2.92. The fraction of sp³-hybridized carbons (Fsp3) is 0.360. The molecule has 2 aromatic carbocycles. The molecule has 0 unspecified atom stereocenters. The van der Waals surface area contributed by atoms with E-state index in [9.17, 15) is 14.7 Å². The lowest BCUT2D eigenvalue weighted by Crippen LogP contribution is -2.25. The highest BCUT2D eigenvalue weighted by atomic mass is 16.6. The summed E-state index contributed by atoms with van der Waals surface area (Å²) in [4.78, 5) is 24.3. The van der Waals surface area contributed by atoms with Gasteiger partial charge in [-0.25, -0.2) is 4.79 Å². The molecule has 2 aliphatic rings. The first kappa shape index (κ1) is 20.4. The molecule has 1 aliphatic heterocycles. The van der Waals surface area contributed by atoms with Crippen molar-refractivity contribution in [2.24, 2.45) is 11.8 Å². The molecule has 0 amide bonds. The number of carbonyl (C=O) groups excluding carboxylic acids is 2. The van der Waals surface area contributed by atoms with Crippen molar-refractivity contribution in [1.29, 1.82) is 0 Å². The molecule has 0 radical (unpaired) electrons. The SMILES string of the molecule is O=C1C[C@H]2[C@H](C=C[C@@H](O)CCc3ccccc3)[C@H](OC(=O)c3ccccc3)C[C@H]2O1. The van der Waals surface area contributed by atoms with Crippen molar-refractivity contribution in [1.82, 2.24) is 0 Å². The highest BCUT2D eigenvalue weighted by Crippen LogP contribution is 2.43. The number of benzene rings is 2. The molecule has 0 aromatic heterocycles. The van der Waals surface area contributed by atoms with Crippen LogP contribution in [0.25, 0.3) is 0 Å². The van der Waals surface area contributed by atoms with E-state index in [1.165, 1.54) is 5.56 Å². The maximum atomic E-state index is 12.5. The van der Waals surface area contributed by atoms with Gasteiger partial charge in [0, 0.05) is 18.3 Å². The Labute approximate surface area is 176 Å². The van der Waals surface area contributed by atoms with Crippen LogP contribution in [0.4, 0.5) is 0 Å². The van der Waals surface area contributed by atoms with Crippen molar-refractivity contribution in [3.63, 3.8) is 0 Å². The van der Waals surface area contributed by atoms with Gasteiger partial charge in [-0.1, -0.05) is 60.7 Å². The van der Waals surface area contributed by atoms with Gasteiger partial charge in [-0.3, -0.25) is 4.79 Å². The first-order chi connectivity index (χ1) is 14.6. The van der Waals surface area contributed by atoms with Gasteiger partial charge in [0.1, 0.15) is 12.2 Å². The first-order valence-corrected chi connectivity index (χ1v) is 10.5. The molecule has 30 heavy (non-hydrogen) atoms. The number of ether oxygens (including phenoxy) is 2. The second-order valence-corrected chi connectivity index (χ2v) is 8.00. The third-order valence-electron chi connectivity index (χ3n) is 5.95. The van der Waals surface area contributed by atoms with Crippen LogP contribution < -0.4 is 0 Å². The average Bonchev–Trinajstić information content (AvgIpc) is 3.27. The molecule has 5 atom stereocenters. The fourth-order valence-electron chi connectivity index (χ4n) is 4.38. The van der Waals surface area contributed by atoms with E-state index in [2.05, 4.69) is 0 Å². The summed E-state index contributed by atoms with van der Waals surface area (Å²) in [6.45, 7) is 0. The van der Waals surface area contributed by atoms with Crippen LogP contribution in [-0.4, -0.2) is 35.4 Å². The first-order valence-electron chi connectivity index (χ1n) is 10.5. The van der Waals surface area contributed by atoms with E-state index in [-0.39, 0.29) is 36.0 Å². The van der Waals surface area contributed by atoms with Gasteiger partial charge in [-0.05, 0) is 30.5 Å². The number of hydrogen-bond donors (Lipinski definition) is 1. The standard InChI is InChI=1S/C25H26O5/c26-19(12-11-17-7-3-1-4-8-17)13-14-20-21-15-24(27)29-23(21)16-22(20)30-25(28)18-9-5-2-6-10-18/h1-10,13-14,19-23,26H,11-12,15-16H2/t19-,20-,21-,22+,23+/m0/s1. The van der Waals surface area contributed by atoms with Gasteiger partial charge in [0.15, 0.2) is 0 Å². The van der Waals surface area contributed by atoms with Crippen molar-refractivity contribution in [2.45, 2.75) is 44.0 Å². The van der Waals surface area contributed by atoms with Crippen molar-refractivity contribution in [2.75, 3.05) is 0 Å². The van der Waals surface area contributed by atoms with Gasteiger partial charge >= 0.3 is 11.9 Å². The van der Waals surface area contributed by atoms with Crippen molar-refractivity contribution < 1.29 is 24.2 Å². The largest absolute Gasteiger partial charge is 0.462 e. The van der Waals surface area contributed by atoms with E-state index in [1.54, 1.807) is 30.3 Å². The number of esters is 2. The Morgan fingerprint density at radius 2 is 1.83 bits per heavy atom. The predicted molar refractivity (Wildman–Crippen MR) is 112 cm³/mol. The lowest BCUT2D eigenvalue weighted by atomic mass is 9.91. The molecule has 5 heteroatoms. The molecule has 2 fully saturated rings. The van der Waals surface area contributed by atoms with E-state index < -0.39 is 6.10 Å². The van der Waals surface area contributed by atoms with Crippen LogP contribution >= 0.6 is 0 Å². The number of fused-ring (bicyclic) bond motifs is 1. The average molecular weight is 406 g/mol. The summed E-state index contributed by atoms with van der Waals surface area (Å²) < 4.78 is 11.2. The van der Waals surface area contributed by atoms with E-state index in [0.29, 0.717) is 24.8 Å². The van der Waals surface area contributed by atoms with E-state index in [0.717, 1.165) is 6.42 Å². The van der Waals surface area contributed by atoms with Gasteiger partial charge in [-0.15, -0.1) is 0 Å². The summed E-state index contributed by atoms with van der Waals surface area (Å²) >= 11 is 0. The highest BCUT2D eigenvalue weighted by molar-refractivity contribution is 5.89. The number of aryl methyl sites for hydroxylation is 1. The zero-order valence-electron chi connectivity index (χ0n) is 16.7. The highest BCUT2D eigenvalue weighted by Gasteiger charge is 2.50. The van der Waals surface area contributed by atoms with Crippen LogP contribution in [0.5, 0.6) is 0 Å². The number of aliphatic hydroxyl groups is 1. The molecule has 1 saturated heterocycles. The second-order valence-electron chi connectivity index (χ2n) is 8.00. The van der Waals surface area contributed by atoms with Gasteiger partial charge in [0.2, 0.25) is 0 Å². The van der Waals surface area contributed by atoms with Crippen LogP contribution in [-0.2, 0) is 20.7 Å². The van der Waals surface area contributed by atoms with Crippen LogP contribution in [0.2, 0.25) is 0 Å². The predicted octanol–water partition coefficient (Wildman–Crippen LogP) is 3.71. The minimum atomic E-state index is -0.604. The molecule has 156 valence electrons. The normalized spacial score (nSPS) is 26.4. The molecule has 4 rings (SSSR count). The monoisotopic (exact) mass is 406 g/mol. The fourth-order valence-corrected chi connectivity index (χ4v) is 4.38. The van der Waals surface area contributed by atoms with E-state index in [4.69, 9.17) is 9.47 Å². The quantitative estimate of drug-likeness (QED) is 0.561. The van der Waals surface area contributed by atoms with Crippen LogP contribution in [0.3, 0.4) is 0 Å². The minimum Gasteiger partial charge on any atom is -0.462 e. The number of carbonyl (C=O) groups is 2. The summed E-state index contributed by atoms with van der Waals surface area (Å²) in [6, 6.07) is 18.9. The number of aliphatic hydroxyl groups excluding tert-OH is 1. The Balaban J connectivity index is 1.41.